The molecule has 0 amide bonds. The van der Waals surface area contributed by atoms with Gasteiger partial charge in [-0.05, 0) is 36.5 Å². The summed E-state index contributed by atoms with van der Waals surface area (Å²) in [6, 6.07) is 19.5. The predicted molar refractivity (Wildman–Crippen MR) is 98.0 cm³/mol. The zero-order valence-corrected chi connectivity index (χ0v) is 14.1. The molecule has 2 aromatic carbocycles. The molecule has 0 saturated heterocycles. The standard InChI is InChI=1S/C22H22O3/c23-20(16-15-17-9-3-1-4-10-17)22(24)25-21-14-8-7-13-19(21)18-11-5-2-6-12-18/h1-6,9-12,15-16,19,21H,7-8,13-14H2/b16-15+/t19-,21+/m0/s1. The summed E-state index contributed by atoms with van der Waals surface area (Å²) in [4.78, 5) is 24.3. The fourth-order valence-corrected chi connectivity index (χ4v) is 3.32. The van der Waals surface area contributed by atoms with Crippen molar-refractivity contribution in [3.63, 3.8) is 0 Å². The topological polar surface area (TPSA) is 43.4 Å². The van der Waals surface area contributed by atoms with Crippen molar-refractivity contribution in [2.24, 2.45) is 0 Å². The highest BCUT2D eigenvalue weighted by molar-refractivity contribution is 6.39. The van der Waals surface area contributed by atoms with Crippen LogP contribution in [0.15, 0.2) is 66.7 Å². The van der Waals surface area contributed by atoms with E-state index in [2.05, 4.69) is 12.1 Å². The monoisotopic (exact) mass is 334 g/mol. The number of hydrogen-bond acceptors (Lipinski definition) is 3. The molecule has 0 unspecified atom stereocenters. The van der Waals surface area contributed by atoms with Gasteiger partial charge in [0.2, 0.25) is 0 Å². The third-order valence-corrected chi connectivity index (χ3v) is 4.62. The second-order valence-electron chi connectivity index (χ2n) is 6.35. The molecule has 0 aliphatic heterocycles. The largest absolute Gasteiger partial charge is 0.456 e. The molecule has 1 aliphatic carbocycles. The number of ether oxygens (including phenoxy) is 1. The quantitative estimate of drug-likeness (QED) is 0.458. The van der Waals surface area contributed by atoms with Gasteiger partial charge in [-0.15, -0.1) is 0 Å². The zero-order valence-electron chi connectivity index (χ0n) is 14.1. The number of ketones is 1. The van der Waals surface area contributed by atoms with E-state index < -0.39 is 11.8 Å². The van der Waals surface area contributed by atoms with E-state index in [-0.39, 0.29) is 12.0 Å². The SMILES string of the molecule is O=C(/C=C/c1ccccc1)C(=O)O[C@@H]1CCCC[C@H]1c1ccccc1. The van der Waals surface area contributed by atoms with Gasteiger partial charge in [-0.25, -0.2) is 4.79 Å². The van der Waals surface area contributed by atoms with Crippen molar-refractivity contribution in [1.29, 1.82) is 0 Å². The summed E-state index contributed by atoms with van der Waals surface area (Å²) in [5, 5.41) is 0. The number of rotatable bonds is 5. The smallest absolute Gasteiger partial charge is 0.379 e. The number of benzene rings is 2. The lowest BCUT2D eigenvalue weighted by Crippen LogP contribution is -2.31. The molecule has 0 heterocycles. The Balaban J connectivity index is 1.64. The molecule has 2 aromatic rings. The lowest BCUT2D eigenvalue weighted by molar-refractivity contribution is -0.157. The molecule has 0 N–H and O–H groups in total. The van der Waals surface area contributed by atoms with Crippen LogP contribution >= 0.6 is 0 Å². The summed E-state index contributed by atoms with van der Waals surface area (Å²) in [7, 11) is 0. The van der Waals surface area contributed by atoms with E-state index in [0.29, 0.717) is 0 Å². The van der Waals surface area contributed by atoms with Gasteiger partial charge in [0.25, 0.3) is 5.78 Å². The molecule has 3 rings (SSSR count). The molecule has 25 heavy (non-hydrogen) atoms. The molecule has 0 radical (unpaired) electrons. The van der Waals surface area contributed by atoms with E-state index in [1.165, 1.54) is 11.6 Å². The fraction of sp³-hybridized carbons (Fsp3) is 0.273. The Morgan fingerprint density at radius 3 is 2.24 bits per heavy atom. The van der Waals surface area contributed by atoms with Crippen molar-refractivity contribution >= 4 is 17.8 Å². The van der Waals surface area contributed by atoms with E-state index >= 15 is 0 Å². The van der Waals surface area contributed by atoms with E-state index in [1.54, 1.807) is 6.08 Å². The Kier molecular flexibility index (Phi) is 5.78. The van der Waals surface area contributed by atoms with E-state index in [4.69, 9.17) is 4.74 Å². The molecule has 1 aliphatic rings. The van der Waals surface area contributed by atoms with E-state index in [1.807, 2.05) is 48.5 Å². The Morgan fingerprint density at radius 1 is 0.880 bits per heavy atom. The maximum Gasteiger partial charge on any atom is 0.379 e. The summed E-state index contributed by atoms with van der Waals surface area (Å²) in [6.45, 7) is 0. The van der Waals surface area contributed by atoms with Gasteiger partial charge in [0, 0.05) is 5.92 Å². The van der Waals surface area contributed by atoms with Gasteiger partial charge < -0.3 is 4.74 Å². The molecule has 0 aromatic heterocycles. The lowest BCUT2D eigenvalue weighted by Gasteiger charge is -2.31. The Labute approximate surface area is 148 Å². The van der Waals surface area contributed by atoms with E-state index in [0.717, 1.165) is 31.2 Å². The predicted octanol–water partition coefficient (Wildman–Crippen LogP) is 4.54. The Morgan fingerprint density at radius 2 is 1.52 bits per heavy atom. The minimum Gasteiger partial charge on any atom is -0.456 e. The first-order valence-corrected chi connectivity index (χ1v) is 8.77. The van der Waals surface area contributed by atoms with Gasteiger partial charge in [0.15, 0.2) is 0 Å². The summed E-state index contributed by atoms with van der Waals surface area (Å²) in [6.07, 6.45) is 6.64. The van der Waals surface area contributed by atoms with Crippen molar-refractivity contribution in [2.75, 3.05) is 0 Å². The van der Waals surface area contributed by atoms with Gasteiger partial charge in [-0.1, -0.05) is 73.2 Å². The van der Waals surface area contributed by atoms with Gasteiger partial charge in [0.1, 0.15) is 6.10 Å². The van der Waals surface area contributed by atoms with Crippen LogP contribution in [0.4, 0.5) is 0 Å². The molecule has 3 nitrogen and oxygen atoms in total. The molecular weight excluding hydrogens is 312 g/mol. The second kappa shape index (κ2) is 8.43. The highest BCUT2D eigenvalue weighted by Crippen LogP contribution is 2.35. The maximum atomic E-state index is 12.2. The molecule has 0 bridgehead atoms. The van der Waals surface area contributed by atoms with Gasteiger partial charge >= 0.3 is 5.97 Å². The first kappa shape index (κ1) is 17.2. The molecule has 0 spiro atoms. The first-order valence-electron chi connectivity index (χ1n) is 8.77. The summed E-state index contributed by atoms with van der Waals surface area (Å²) < 4.78 is 5.57. The van der Waals surface area contributed by atoms with E-state index in [9.17, 15) is 9.59 Å². The second-order valence-corrected chi connectivity index (χ2v) is 6.35. The van der Waals surface area contributed by atoms with Crippen molar-refractivity contribution in [1.82, 2.24) is 0 Å². The summed E-state index contributed by atoms with van der Waals surface area (Å²) in [5.41, 5.74) is 2.05. The fourth-order valence-electron chi connectivity index (χ4n) is 3.32. The summed E-state index contributed by atoms with van der Waals surface area (Å²) in [5.74, 6) is -1.20. The molecule has 128 valence electrons. The van der Waals surface area contributed by atoms with Gasteiger partial charge in [0.05, 0.1) is 0 Å². The van der Waals surface area contributed by atoms with Crippen LogP contribution < -0.4 is 0 Å². The molecule has 2 atom stereocenters. The van der Waals surface area contributed by atoms with Crippen molar-refractivity contribution in [3.8, 4) is 0 Å². The highest BCUT2D eigenvalue weighted by Gasteiger charge is 2.30. The van der Waals surface area contributed by atoms with Crippen LogP contribution in [0.1, 0.15) is 42.7 Å². The normalized spacial score (nSPS) is 20.3. The average molecular weight is 334 g/mol. The third kappa shape index (κ3) is 4.66. The molecule has 1 fully saturated rings. The lowest BCUT2D eigenvalue weighted by atomic mass is 9.81. The molecular formula is C22H22O3. The minimum atomic E-state index is -0.764. The highest BCUT2D eigenvalue weighted by atomic mass is 16.5. The summed E-state index contributed by atoms with van der Waals surface area (Å²) >= 11 is 0. The van der Waals surface area contributed by atoms with Crippen LogP contribution in [-0.2, 0) is 14.3 Å². The number of carbonyl (C=O) groups is 2. The Hall–Kier alpha value is -2.68. The average Bonchev–Trinajstić information content (AvgIpc) is 2.68. The van der Waals surface area contributed by atoms with Gasteiger partial charge in [-0.2, -0.15) is 0 Å². The van der Waals surface area contributed by atoms with Crippen LogP contribution in [0, 0.1) is 0 Å². The zero-order chi connectivity index (χ0) is 17.5. The number of carbonyl (C=O) groups excluding carboxylic acids is 2. The third-order valence-electron chi connectivity index (χ3n) is 4.62. The number of esters is 1. The minimum absolute atomic E-state index is 0.171. The molecule has 3 heteroatoms. The Bertz CT molecular complexity index is 734. The van der Waals surface area contributed by atoms with Crippen molar-refractivity contribution < 1.29 is 14.3 Å². The van der Waals surface area contributed by atoms with Crippen molar-refractivity contribution in [3.05, 3.63) is 77.9 Å². The maximum absolute atomic E-state index is 12.2. The molecule has 1 saturated carbocycles. The van der Waals surface area contributed by atoms with Crippen LogP contribution in [0.3, 0.4) is 0 Å². The number of hydrogen-bond donors (Lipinski definition) is 0. The first-order chi connectivity index (χ1) is 12.2. The van der Waals surface area contributed by atoms with Crippen LogP contribution in [0.5, 0.6) is 0 Å². The van der Waals surface area contributed by atoms with Gasteiger partial charge in [-0.3, -0.25) is 4.79 Å². The van der Waals surface area contributed by atoms with Crippen LogP contribution in [0.25, 0.3) is 6.08 Å². The van der Waals surface area contributed by atoms with Crippen LogP contribution in [0.2, 0.25) is 0 Å². The van der Waals surface area contributed by atoms with Crippen molar-refractivity contribution in [2.45, 2.75) is 37.7 Å². The van der Waals surface area contributed by atoms with Crippen LogP contribution in [-0.4, -0.2) is 17.9 Å².